The molecule has 1 atom stereocenters. The Balaban J connectivity index is 1.56. The van der Waals surface area contributed by atoms with Gasteiger partial charge in [0, 0.05) is 11.1 Å². The molecule has 4 rings (SSSR count). The van der Waals surface area contributed by atoms with Crippen molar-refractivity contribution in [2.24, 2.45) is 0 Å². The predicted octanol–water partition coefficient (Wildman–Crippen LogP) is 4.02. The van der Waals surface area contributed by atoms with Gasteiger partial charge >= 0.3 is 11.7 Å². The largest absolute Gasteiger partial charge is 0.462 e. The standard InChI is InChI=1S/C23H26N4O4S2/c1-4-31-21(29)18-15-8-6-5-7-9-16(15)33-20(18)25-19(28)14(3)32-22-24-17-12-13(2)10-11-27(17)23(30)26-22/h10-12,14H,4-9H2,1-3H3,(H,25,28). The van der Waals surface area contributed by atoms with Crippen molar-refractivity contribution in [2.75, 3.05) is 11.9 Å². The maximum atomic E-state index is 13.0. The van der Waals surface area contributed by atoms with E-state index >= 15 is 0 Å². The summed E-state index contributed by atoms with van der Waals surface area (Å²) in [5, 5.41) is 3.12. The van der Waals surface area contributed by atoms with Gasteiger partial charge in [-0.3, -0.25) is 9.20 Å². The molecule has 0 radical (unpaired) electrons. The molecule has 1 unspecified atom stereocenters. The highest BCUT2D eigenvalue weighted by Crippen LogP contribution is 2.38. The number of hydrogen-bond acceptors (Lipinski definition) is 8. The molecule has 0 saturated heterocycles. The summed E-state index contributed by atoms with van der Waals surface area (Å²) in [6, 6.07) is 3.60. The van der Waals surface area contributed by atoms with Gasteiger partial charge in [-0.2, -0.15) is 4.98 Å². The number of ether oxygens (including phenoxy) is 1. The minimum absolute atomic E-state index is 0.237. The first kappa shape index (κ1) is 23.4. The van der Waals surface area contributed by atoms with E-state index in [4.69, 9.17) is 4.74 Å². The van der Waals surface area contributed by atoms with E-state index in [-0.39, 0.29) is 17.7 Å². The van der Waals surface area contributed by atoms with E-state index in [1.165, 1.54) is 15.7 Å². The molecule has 0 spiro atoms. The fourth-order valence-corrected chi connectivity index (χ4v) is 5.86. The lowest BCUT2D eigenvalue weighted by Gasteiger charge is -2.12. The zero-order chi connectivity index (χ0) is 23.5. The van der Waals surface area contributed by atoms with Crippen LogP contribution in [0.15, 0.2) is 28.3 Å². The number of hydrogen-bond donors (Lipinski definition) is 1. The number of carbonyl (C=O) groups excluding carboxylic acids is 2. The molecule has 0 aliphatic heterocycles. The maximum absolute atomic E-state index is 13.0. The van der Waals surface area contributed by atoms with Crippen molar-refractivity contribution in [1.29, 1.82) is 0 Å². The van der Waals surface area contributed by atoms with Crippen LogP contribution in [0.4, 0.5) is 5.00 Å². The van der Waals surface area contributed by atoms with Gasteiger partial charge in [0.2, 0.25) is 5.91 Å². The quantitative estimate of drug-likeness (QED) is 0.319. The average molecular weight is 487 g/mol. The Hall–Kier alpha value is -2.72. The topological polar surface area (TPSA) is 103 Å². The third-order valence-electron chi connectivity index (χ3n) is 5.49. The zero-order valence-corrected chi connectivity index (χ0v) is 20.5. The highest BCUT2D eigenvalue weighted by atomic mass is 32.2. The Morgan fingerprint density at radius 3 is 2.85 bits per heavy atom. The first-order chi connectivity index (χ1) is 15.9. The van der Waals surface area contributed by atoms with Crippen LogP contribution < -0.4 is 11.0 Å². The van der Waals surface area contributed by atoms with Crippen molar-refractivity contribution in [3.05, 3.63) is 50.4 Å². The predicted molar refractivity (Wildman–Crippen MR) is 129 cm³/mol. The van der Waals surface area contributed by atoms with Gasteiger partial charge in [-0.25, -0.2) is 14.6 Å². The monoisotopic (exact) mass is 486 g/mol. The van der Waals surface area contributed by atoms with Gasteiger partial charge in [-0.05, 0) is 69.7 Å². The Morgan fingerprint density at radius 2 is 2.06 bits per heavy atom. The Morgan fingerprint density at radius 1 is 1.27 bits per heavy atom. The maximum Gasteiger partial charge on any atom is 0.355 e. The summed E-state index contributed by atoms with van der Waals surface area (Å²) in [5.74, 6) is -0.677. The summed E-state index contributed by atoms with van der Waals surface area (Å²) in [6.45, 7) is 5.69. The summed E-state index contributed by atoms with van der Waals surface area (Å²) >= 11 is 2.57. The molecule has 0 aromatic carbocycles. The number of anilines is 1. The van der Waals surface area contributed by atoms with Gasteiger partial charge in [0.05, 0.1) is 17.4 Å². The summed E-state index contributed by atoms with van der Waals surface area (Å²) in [7, 11) is 0. The van der Waals surface area contributed by atoms with Crippen LogP contribution in [0.3, 0.4) is 0 Å². The molecule has 1 aliphatic carbocycles. The molecule has 8 nitrogen and oxygen atoms in total. The first-order valence-corrected chi connectivity index (χ1v) is 12.7. The number of esters is 1. The number of aromatic nitrogens is 3. The molecular weight excluding hydrogens is 460 g/mol. The number of aryl methyl sites for hydroxylation is 2. The summed E-state index contributed by atoms with van der Waals surface area (Å²) < 4.78 is 6.66. The second-order valence-electron chi connectivity index (χ2n) is 7.96. The number of fused-ring (bicyclic) bond motifs is 2. The number of nitrogens with zero attached hydrogens (tertiary/aromatic N) is 3. The van der Waals surface area contributed by atoms with Gasteiger partial charge in [0.1, 0.15) is 10.6 Å². The number of nitrogens with one attached hydrogen (secondary N) is 1. The second kappa shape index (κ2) is 10.0. The van der Waals surface area contributed by atoms with E-state index in [2.05, 4.69) is 15.3 Å². The minimum Gasteiger partial charge on any atom is -0.462 e. The fourth-order valence-electron chi connectivity index (χ4n) is 3.82. The van der Waals surface area contributed by atoms with Gasteiger partial charge in [-0.1, -0.05) is 18.2 Å². The number of thioether (sulfide) groups is 1. The highest BCUT2D eigenvalue weighted by molar-refractivity contribution is 8.00. The second-order valence-corrected chi connectivity index (χ2v) is 10.4. The fraction of sp³-hybridized carbons (Fsp3) is 0.435. The van der Waals surface area contributed by atoms with Crippen molar-refractivity contribution >= 4 is 45.6 Å². The Labute approximate surface area is 199 Å². The van der Waals surface area contributed by atoms with Gasteiger partial charge in [-0.15, -0.1) is 11.3 Å². The van der Waals surface area contributed by atoms with Gasteiger partial charge in [0.25, 0.3) is 0 Å². The summed E-state index contributed by atoms with van der Waals surface area (Å²) in [4.78, 5) is 47.6. The molecule has 1 amide bonds. The van der Waals surface area contributed by atoms with Crippen molar-refractivity contribution in [1.82, 2.24) is 14.4 Å². The van der Waals surface area contributed by atoms with Crippen LogP contribution in [0.5, 0.6) is 0 Å². The minimum atomic E-state index is -0.575. The SMILES string of the molecule is CCOC(=O)c1c(NC(=O)C(C)Sc2nc(=O)n3ccc(C)cc3n2)sc2c1CCCCC2. The molecule has 3 aromatic rings. The lowest BCUT2D eigenvalue weighted by Crippen LogP contribution is -2.25. The van der Waals surface area contributed by atoms with Crippen LogP contribution in [0.25, 0.3) is 5.65 Å². The molecule has 174 valence electrons. The first-order valence-electron chi connectivity index (χ1n) is 11.0. The number of rotatable bonds is 6. The Kier molecular flexibility index (Phi) is 7.14. The van der Waals surface area contributed by atoms with E-state index in [1.807, 2.05) is 13.0 Å². The average Bonchev–Trinajstić information content (AvgIpc) is 2.93. The van der Waals surface area contributed by atoms with E-state index in [0.717, 1.165) is 59.9 Å². The third-order valence-corrected chi connectivity index (χ3v) is 7.65. The van der Waals surface area contributed by atoms with Gasteiger partial charge in [0.15, 0.2) is 5.16 Å². The highest BCUT2D eigenvalue weighted by Gasteiger charge is 2.28. The molecule has 10 heteroatoms. The van der Waals surface area contributed by atoms with Crippen LogP contribution in [0, 0.1) is 6.92 Å². The smallest absolute Gasteiger partial charge is 0.355 e. The van der Waals surface area contributed by atoms with Crippen LogP contribution in [-0.2, 0) is 22.4 Å². The number of thiophene rings is 1. The van der Waals surface area contributed by atoms with Crippen LogP contribution in [-0.4, -0.2) is 38.1 Å². The van der Waals surface area contributed by atoms with Crippen LogP contribution in [0.2, 0.25) is 0 Å². The molecule has 3 heterocycles. The van der Waals surface area contributed by atoms with Crippen molar-refractivity contribution in [3.63, 3.8) is 0 Å². The van der Waals surface area contributed by atoms with Gasteiger partial charge < -0.3 is 10.1 Å². The molecule has 0 bridgehead atoms. The third kappa shape index (κ3) is 5.11. The molecule has 3 aromatic heterocycles. The molecule has 1 aliphatic rings. The van der Waals surface area contributed by atoms with Crippen molar-refractivity contribution < 1.29 is 14.3 Å². The lowest BCUT2D eigenvalue weighted by atomic mass is 10.1. The number of amides is 1. The van der Waals surface area contributed by atoms with E-state index in [1.54, 1.807) is 26.1 Å². The van der Waals surface area contributed by atoms with E-state index in [0.29, 0.717) is 16.2 Å². The summed E-state index contributed by atoms with van der Waals surface area (Å²) in [5.41, 5.74) is 2.50. The normalized spacial score (nSPS) is 14.4. The van der Waals surface area contributed by atoms with Crippen LogP contribution in [0.1, 0.15) is 59.5 Å². The van der Waals surface area contributed by atoms with E-state index < -0.39 is 16.9 Å². The molecular formula is C23H26N4O4S2. The van der Waals surface area contributed by atoms with Crippen molar-refractivity contribution in [3.8, 4) is 0 Å². The van der Waals surface area contributed by atoms with Crippen LogP contribution >= 0.6 is 23.1 Å². The van der Waals surface area contributed by atoms with Crippen molar-refractivity contribution in [2.45, 2.75) is 63.3 Å². The number of carbonyl (C=O) groups is 2. The molecule has 1 N–H and O–H groups in total. The zero-order valence-electron chi connectivity index (χ0n) is 18.8. The number of pyridine rings is 1. The lowest BCUT2D eigenvalue weighted by molar-refractivity contribution is -0.115. The summed E-state index contributed by atoms with van der Waals surface area (Å²) in [6.07, 6.45) is 6.57. The van der Waals surface area contributed by atoms with E-state index in [9.17, 15) is 14.4 Å². The molecule has 33 heavy (non-hydrogen) atoms. The molecule has 0 fully saturated rings. The molecule has 0 saturated carbocycles. The Bertz CT molecular complexity index is 1270.